The van der Waals surface area contributed by atoms with Crippen molar-refractivity contribution < 1.29 is 8.83 Å². The van der Waals surface area contributed by atoms with Crippen molar-refractivity contribution in [3.63, 3.8) is 0 Å². The molecule has 9 rings (SSSR count). The molecule has 5 heteroatoms. The molecule has 0 amide bonds. The summed E-state index contributed by atoms with van der Waals surface area (Å²) >= 11 is 0. The average molecular weight is 554 g/mol. The molecule has 3 heterocycles. The summed E-state index contributed by atoms with van der Waals surface area (Å²) in [7, 11) is 0. The van der Waals surface area contributed by atoms with Gasteiger partial charge in [0.1, 0.15) is 11.2 Å². The lowest BCUT2D eigenvalue weighted by Gasteiger charge is -2.27. The number of hydrogen-bond acceptors (Lipinski definition) is 4. The molecule has 3 aromatic heterocycles. The number of rotatable bonds is 2. The van der Waals surface area contributed by atoms with Crippen LogP contribution in [0.3, 0.4) is 0 Å². The van der Waals surface area contributed by atoms with E-state index in [-0.39, 0.29) is 5.92 Å². The van der Waals surface area contributed by atoms with Gasteiger partial charge in [-0.1, -0.05) is 42.5 Å². The van der Waals surface area contributed by atoms with Crippen LogP contribution in [-0.4, -0.2) is 4.57 Å². The lowest BCUT2D eigenvalue weighted by atomic mass is 9.84. The first-order valence-corrected chi connectivity index (χ1v) is 14.5. The second-order valence-corrected chi connectivity index (χ2v) is 11.4. The van der Waals surface area contributed by atoms with Crippen LogP contribution in [0.5, 0.6) is 0 Å². The van der Waals surface area contributed by atoms with Crippen molar-refractivity contribution in [1.82, 2.24) is 4.57 Å². The fraction of sp³-hybridized carbons (Fsp3) is 0.105. The van der Waals surface area contributed by atoms with Crippen LogP contribution in [-0.2, 0) is 6.42 Å². The molecule has 1 unspecified atom stereocenters. The molecule has 0 spiro atoms. The van der Waals surface area contributed by atoms with Gasteiger partial charge in [-0.25, -0.2) is 0 Å². The summed E-state index contributed by atoms with van der Waals surface area (Å²) in [6.07, 6.45) is 8.24. The smallest absolute Gasteiger partial charge is 0.178 e. The third kappa shape index (κ3) is 3.37. The van der Waals surface area contributed by atoms with Gasteiger partial charge in [0, 0.05) is 60.9 Å². The molecule has 2 aliphatic rings. The fourth-order valence-corrected chi connectivity index (χ4v) is 7.16. The number of nitriles is 2. The molecule has 2 aliphatic carbocycles. The summed E-state index contributed by atoms with van der Waals surface area (Å²) in [6, 6.07) is 31.9. The molecule has 7 aromatic rings. The van der Waals surface area contributed by atoms with Gasteiger partial charge < -0.3 is 13.4 Å². The van der Waals surface area contributed by atoms with Gasteiger partial charge in [0.2, 0.25) is 0 Å². The van der Waals surface area contributed by atoms with E-state index in [1.54, 1.807) is 0 Å². The lowest BCUT2D eigenvalue weighted by Crippen LogP contribution is -2.15. The molecule has 4 aromatic carbocycles. The molecule has 0 fully saturated rings. The molecule has 0 saturated carbocycles. The van der Waals surface area contributed by atoms with Gasteiger partial charge in [-0.05, 0) is 79.5 Å². The summed E-state index contributed by atoms with van der Waals surface area (Å²) in [6.45, 7) is 0. The van der Waals surface area contributed by atoms with Crippen molar-refractivity contribution >= 4 is 66.6 Å². The SMILES string of the molecule is N#CC1=Cc2c(n(C3=CC=C(C#N)CC3c3ccc4oc5c(ccc6c7ccccc7oc65)c4c3)c3ccccc23)CC1. The Labute approximate surface area is 246 Å². The first-order chi connectivity index (χ1) is 21.2. The Morgan fingerprint density at radius 1 is 0.674 bits per heavy atom. The highest BCUT2D eigenvalue weighted by atomic mass is 16.4. The highest BCUT2D eigenvalue weighted by Gasteiger charge is 2.29. The van der Waals surface area contributed by atoms with E-state index < -0.39 is 0 Å². The van der Waals surface area contributed by atoms with Gasteiger partial charge in [0.15, 0.2) is 11.2 Å². The Morgan fingerprint density at radius 2 is 1.40 bits per heavy atom. The summed E-state index contributed by atoms with van der Waals surface area (Å²) < 4.78 is 15.1. The Hall–Kier alpha value is -5.78. The molecule has 0 aliphatic heterocycles. The minimum absolute atomic E-state index is 0.0369. The molecule has 202 valence electrons. The average Bonchev–Trinajstić information content (AvgIpc) is 3.73. The molecule has 0 saturated heterocycles. The van der Waals surface area contributed by atoms with Crippen molar-refractivity contribution in [3.8, 4) is 12.1 Å². The number of aromatic nitrogens is 1. The second-order valence-electron chi connectivity index (χ2n) is 11.4. The highest BCUT2D eigenvalue weighted by molar-refractivity contribution is 6.18. The zero-order valence-electron chi connectivity index (χ0n) is 23.1. The number of furan rings is 2. The number of nitrogens with zero attached hydrogens (tertiary/aromatic N) is 3. The maximum absolute atomic E-state index is 9.92. The largest absolute Gasteiger partial charge is 0.452 e. The van der Waals surface area contributed by atoms with Crippen molar-refractivity contribution in [1.29, 1.82) is 10.5 Å². The number of allylic oxidation sites excluding steroid dienone is 5. The van der Waals surface area contributed by atoms with Crippen LogP contribution < -0.4 is 0 Å². The molecular weight excluding hydrogens is 530 g/mol. The van der Waals surface area contributed by atoms with Gasteiger partial charge >= 0.3 is 0 Å². The van der Waals surface area contributed by atoms with Crippen LogP contribution in [0.2, 0.25) is 0 Å². The summed E-state index contributed by atoms with van der Waals surface area (Å²) in [4.78, 5) is 0. The first-order valence-electron chi connectivity index (χ1n) is 14.5. The Kier molecular flexibility index (Phi) is 4.92. The first kappa shape index (κ1) is 23.9. The van der Waals surface area contributed by atoms with Crippen molar-refractivity contribution in [2.75, 3.05) is 0 Å². The topological polar surface area (TPSA) is 78.8 Å². The standard InChI is InChI=1S/C38H23N3O2/c39-20-22-9-14-33(41-32-7-3-1-5-25(32)30-18-23(21-40)10-15-34(30)41)29(17-22)24-11-16-36-31(19-24)28-13-12-27-26-6-2-4-8-35(26)42-37(27)38(28)43-36/h1-9,11-14,16,18-19,29H,10,15,17H2. The Morgan fingerprint density at radius 3 is 2.21 bits per heavy atom. The highest BCUT2D eigenvalue weighted by Crippen LogP contribution is 2.45. The molecule has 43 heavy (non-hydrogen) atoms. The molecule has 5 nitrogen and oxygen atoms in total. The lowest BCUT2D eigenvalue weighted by molar-refractivity contribution is 0.633. The van der Waals surface area contributed by atoms with Crippen molar-refractivity contribution in [2.24, 2.45) is 0 Å². The van der Waals surface area contributed by atoms with Crippen molar-refractivity contribution in [3.05, 3.63) is 119 Å². The maximum Gasteiger partial charge on any atom is 0.178 e. The normalized spacial score (nSPS) is 16.7. The zero-order valence-corrected chi connectivity index (χ0v) is 23.1. The predicted molar refractivity (Wildman–Crippen MR) is 170 cm³/mol. The molecular formula is C38H23N3O2. The monoisotopic (exact) mass is 553 g/mol. The van der Waals surface area contributed by atoms with E-state index in [1.165, 1.54) is 5.69 Å². The molecule has 0 radical (unpaired) electrons. The summed E-state index contributed by atoms with van der Waals surface area (Å²) in [5, 5.41) is 24.9. The number of benzene rings is 4. The van der Waals surface area contributed by atoms with Gasteiger partial charge in [-0.3, -0.25) is 0 Å². The van der Waals surface area contributed by atoms with Crippen LogP contribution >= 0.6 is 0 Å². The van der Waals surface area contributed by atoms with Crippen LogP contribution in [0.4, 0.5) is 0 Å². The van der Waals surface area contributed by atoms with Crippen LogP contribution in [0.25, 0.3) is 66.6 Å². The quantitative estimate of drug-likeness (QED) is 0.213. The third-order valence-corrected chi connectivity index (χ3v) is 9.16. The Bertz CT molecular complexity index is 2520. The van der Waals surface area contributed by atoms with E-state index in [0.717, 1.165) is 95.6 Å². The molecule has 1 atom stereocenters. The van der Waals surface area contributed by atoms with Gasteiger partial charge in [-0.2, -0.15) is 10.5 Å². The second kappa shape index (κ2) is 8.86. The number of para-hydroxylation sites is 2. The zero-order chi connectivity index (χ0) is 28.7. The van der Waals surface area contributed by atoms with Crippen LogP contribution in [0.15, 0.2) is 111 Å². The van der Waals surface area contributed by atoms with E-state index in [9.17, 15) is 10.5 Å². The van der Waals surface area contributed by atoms with E-state index in [1.807, 2.05) is 30.3 Å². The minimum atomic E-state index is -0.0369. The summed E-state index contributed by atoms with van der Waals surface area (Å²) in [5.41, 5.74) is 10.5. The maximum atomic E-state index is 9.92. The van der Waals surface area contributed by atoms with Gasteiger partial charge in [-0.15, -0.1) is 0 Å². The predicted octanol–water partition coefficient (Wildman–Crippen LogP) is 9.77. The third-order valence-electron chi connectivity index (χ3n) is 9.16. The summed E-state index contributed by atoms with van der Waals surface area (Å²) in [5.74, 6) is -0.0369. The molecule has 0 bridgehead atoms. The van der Waals surface area contributed by atoms with Crippen molar-refractivity contribution in [2.45, 2.75) is 25.2 Å². The van der Waals surface area contributed by atoms with Gasteiger partial charge in [0.25, 0.3) is 0 Å². The fourth-order valence-electron chi connectivity index (χ4n) is 7.16. The Balaban J connectivity index is 1.25. The van der Waals surface area contributed by atoms with Crippen LogP contribution in [0, 0.1) is 22.7 Å². The van der Waals surface area contributed by atoms with E-state index in [2.05, 4.69) is 83.5 Å². The van der Waals surface area contributed by atoms with E-state index in [4.69, 9.17) is 8.83 Å². The minimum Gasteiger partial charge on any atom is -0.452 e. The number of fused-ring (bicyclic) bond motifs is 10. The van der Waals surface area contributed by atoms with Crippen LogP contribution in [0.1, 0.15) is 35.6 Å². The van der Waals surface area contributed by atoms with Gasteiger partial charge in [0.05, 0.1) is 17.7 Å². The van der Waals surface area contributed by atoms with E-state index >= 15 is 0 Å². The molecule has 0 N–H and O–H groups in total. The van der Waals surface area contributed by atoms with E-state index in [0.29, 0.717) is 6.42 Å². The number of hydrogen-bond donors (Lipinski definition) is 0.